The lowest BCUT2D eigenvalue weighted by molar-refractivity contribution is 0.0205. The average Bonchev–Trinajstić information content (AvgIpc) is 2.54. The molecule has 0 radical (unpaired) electrons. The maximum atomic E-state index is 9.67. The van der Waals surface area contributed by atoms with E-state index >= 15 is 0 Å². The van der Waals surface area contributed by atoms with Gasteiger partial charge in [0.2, 0.25) is 0 Å². The maximum Gasteiger partial charge on any atom is 0.0897 e. The average molecular weight is 305 g/mol. The molecule has 5 nitrogen and oxygen atoms in total. The first-order valence-corrected chi connectivity index (χ1v) is 7.41. The van der Waals surface area contributed by atoms with E-state index in [0.29, 0.717) is 6.54 Å². The van der Waals surface area contributed by atoms with Crippen LogP contribution in [0.1, 0.15) is 5.56 Å². The zero-order valence-electron chi connectivity index (χ0n) is 12.5. The Morgan fingerprint density at radius 2 is 1.41 bits per heavy atom. The zero-order valence-corrected chi connectivity index (χ0v) is 12.5. The smallest absolute Gasteiger partial charge is 0.0897 e. The summed E-state index contributed by atoms with van der Waals surface area (Å²) in [6, 6.07) is 14.0. The fourth-order valence-electron chi connectivity index (χ4n) is 2.59. The summed E-state index contributed by atoms with van der Waals surface area (Å²) in [7, 11) is 0. The Bertz CT molecular complexity index is 572. The van der Waals surface area contributed by atoms with Crippen molar-refractivity contribution in [1.29, 1.82) is 0 Å². The zero-order chi connectivity index (χ0) is 15.9. The van der Waals surface area contributed by atoms with E-state index in [2.05, 4.69) is 0 Å². The molecule has 2 aromatic rings. The lowest BCUT2D eigenvalue weighted by Crippen LogP contribution is -2.39. The van der Waals surface area contributed by atoms with Crippen molar-refractivity contribution in [2.75, 3.05) is 26.3 Å². The normalized spacial score (nSPS) is 14.4. The Balaban J connectivity index is 2.20. The minimum absolute atomic E-state index is 0.233. The number of benzene rings is 2. The molecule has 0 bridgehead atoms. The first-order chi connectivity index (χ1) is 10.6. The van der Waals surface area contributed by atoms with E-state index in [-0.39, 0.29) is 26.3 Å². The summed E-state index contributed by atoms with van der Waals surface area (Å²) in [6.45, 7) is 0.325. The van der Waals surface area contributed by atoms with Crippen molar-refractivity contribution >= 4 is 10.8 Å². The molecule has 0 amide bonds. The van der Waals surface area contributed by atoms with Crippen LogP contribution in [0.5, 0.6) is 0 Å². The summed E-state index contributed by atoms with van der Waals surface area (Å²) in [5.41, 5.74) is 1.08. The van der Waals surface area contributed by atoms with Crippen LogP contribution in [-0.4, -0.2) is 63.8 Å². The molecule has 2 rings (SSSR count). The largest absolute Gasteiger partial charge is 0.394 e. The summed E-state index contributed by atoms with van der Waals surface area (Å²) in [5, 5.41) is 39.6. The predicted molar refractivity (Wildman–Crippen MR) is 85.4 cm³/mol. The monoisotopic (exact) mass is 305 g/mol. The Hall–Kier alpha value is -1.50. The van der Waals surface area contributed by atoms with Gasteiger partial charge in [0.15, 0.2) is 0 Å². The van der Waals surface area contributed by atoms with E-state index in [0.717, 1.165) is 16.3 Å². The van der Waals surface area contributed by atoms with E-state index in [1.807, 2.05) is 47.4 Å². The van der Waals surface area contributed by atoms with Crippen LogP contribution >= 0.6 is 0 Å². The molecule has 0 aromatic heterocycles. The molecule has 0 saturated carbocycles. The van der Waals surface area contributed by atoms with Crippen molar-refractivity contribution in [2.24, 2.45) is 0 Å². The predicted octanol–water partition coefficient (Wildman–Crippen LogP) is 0.348. The van der Waals surface area contributed by atoms with Crippen molar-refractivity contribution < 1.29 is 20.4 Å². The third kappa shape index (κ3) is 4.50. The highest BCUT2D eigenvalue weighted by Crippen LogP contribution is 2.20. The first kappa shape index (κ1) is 16.9. The van der Waals surface area contributed by atoms with Gasteiger partial charge in [0.1, 0.15) is 0 Å². The highest BCUT2D eigenvalue weighted by molar-refractivity contribution is 5.85. The van der Waals surface area contributed by atoms with Gasteiger partial charge in [0, 0.05) is 19.6 Å². The first-order valence-electron chi connectivity index (χ1n) is 7.41. The van der Waals surface area contributed by atoms with Crippen LogP contribution in [-0.2, 0) is 6.54 Å². The molecule has 0 saturated heterocycles. The maximum absolute atomic E-state index is 9.67. The van der Waals surface area contributed by atoms with Gasteiger partial charge in [-0.05, 0) is 16.3 Å². The molecular weight excluding hydrogens is 282 g/mol. The second-order valence-corrected chi connectivity index (χ2v) is 5.51. The van der Waals surface area contributed by atoms with E-state index in [9.17, 15) is 10.2 Å². The number of aliphatic hydroxyl groups is 4. The molecule has 5 heteroatoms. The van der Waals surface area contributed by atoms with Gasteiger partial charge in [0.05, 0.1) is 25.4 Å². The van der Waals surface area contributed by atoms with Gasteiger partial charge in [-0.1, -0.05) is 42.5 Å². The van der Waals surface area contributed by atoms with E-state index in [1.165, 1.54) is 0 Å². The fraction of sp³-hybridized carbons (Fsp3) is 0.412. The number of nitrogens with zero attached hydrogens (tertiary/aromatic N) is 1. The van der Waals surface area contributed by atoms with E-state index in [1.54, 1.807) is 0 Å². The Morgan fingerprint density at radius 1 is 0.818 bits per heavy atom. The standard InChI is InChI=1S/C17H23NO4/c19-11-15(21)9-18(10-16(22)12-20)8-14-6-3-5-13-4-1-2-7-17(13)14/h1-7,15-16,19-22H,8-12H2. The fourth-order valence-corrected chi connectivity index (χ4v) is 2.59. The summed E-state index contributed by atoms with van der Waals surface area (Å²) in [4.78, 5) is 1.84. The van der Waals surface area contributed by atoms with Crippen LogP contribution in [0.2, 0.25) is 0 Å². The molecule has 0 aliphatic heterocycles. The molecule has 2 aromatic carbocycles. The quantitative estimate of drug-likeness (QED) is 0.565. The number of rotatable bonds is 8. The van der Waals surface area contributed by atoms with Crippen LogP contribution in [0, 0.1) is 0 Å². The summed E-state index contributed by atoms with van der Waals surface area (Å²) >= 11 is 0. The lowest BCUT2D eigenvalue weighted by atomic mass is 10.0. The number of hydrogen-bond acceptors (Lipinski definition) is 5. The molecule has 0 aliphatic carbocycles. The second kappa shape index (κ2) is 8.22. The molecule has 0 spiro atoms. The lowest BCUT2D eigenvalue weighted by Gasteiger charge is -2.26. The van der Waals surface area contributed by atoms with Crippen LogP contribution in [0.3, 0.4) is 0 Å². The van der Waals surface area contributed by atoms with Crippen molar-refractivity contribution in [1.82, 2.24) is 4.90 Å². The van der Waals surface area contributed by atoms with Gasteiger partial charge in [-0.3, -0.25) is 4.90 Å². The van der Waals surface area contributed by atoms with E-state index < -0.39 is 12.2 Å². The molecule has 120 valence electrons. The van der Waals surface area contributed by atoms with Gasteiger partial charge in [0.25, 0.3) is 0 Å². The number of fused-ring (bicyclic) bond motifs is 1. The number of hydrogen-bond donors (Lipinski definition) is 4. The second-order valence-electron chi connectivity index (χ2n) is 5.51. The van der Waals surface area contributed by atoms with Crippen LogP contribution in [0.25, 0.3) is 10.8 Å². The summed E-state index contributed by atoms with van der Waals surface area (Å²) < 4.78 is 0. The van der Waals surface area contributed by atoms with Gasteiger partial charge < -0.3 is 20.4 Å². The summed E-state index contributed by atoms with van der Waals surface area (Å²) in [6.07, 6.45) is -1.75. The molecular formula is C17H23NO4. The van der Waals surface area contributed by atoms with Crippen molar-refractivity contribution in [3.05, 3.63) is 48.0 Å². The van der Waals surface area contributed by atoms with Gasteiger partial charge in [-0.2, -0.15) is 0 Å². The molecule has 4 N–H and O–H groups in total. The number of aliphatic hydroxyl groups excluding tert-OH is 4. The highest BCUT2D eigenvalue weighted by Gasteiger charge is 2.16. The van der Waals surface area contributed by atoms with Crippen LogP contribution in [0.15, 0.2) is 42.5 Å². The van der Waals surface area contributed by atoms with Crippen molar-refractivity contribution in [2.45, 2.75) is 18.8 Å². The van der Waals surface area contributed by atoms with Crippen molar-refractivity contribution in [3.63, 3.8) is 0 Å². The van der Waals surface area contributed by atoms with Gasteiger partial charge >= 0.3 is 0 Å². The SMILES string of the molecule is OCC(O)CN(Cc1cccc2ccccc12)CC(O)CO. The van der Waals surface area contributed by atoms with Crippen LogP contribution < -0.4 is 0 Å². The molecule has 22 heavy (non-hydrogen) atoms. The molecule has 0 heterocycles. The van der Waals surface area contributed by atoms with Gasteiger partial charge in [-0.25, -0.2) is 0 Å². The summed E-state index contributed by atoms with van der Waals surface area (Å²) in [5.74, 6) is 0. The highest BCUT2D eigenvalue weighted by atomic mass is 16.3. The third-order valence-electron chi connectivity index (χ3n) is 3.63. The van der Waals surface area contributed by atoms with Crippen molar-refractivity contribution in [3.8, 4) is 0 Å². The molecule has 0 aliphatic rings. The van der Waals surface area contributed by atoms with Gasteiger partial charge in [-0.15, -0.1) is 0 Å². The van der Waals surface area contributed by atoms with E-state index in [4.69, 9.17) is 10.2 Å². The van der Waals surface area contributed by atoms with Crippen LogP contribution in [0.4, 0.5) is 0 Å². The Kier molecular flexibility index (Phi) is 6.30. The molecule has 2 atom stereocenters. The molecule has 2 unspecified atom stereocenters. The minimum Gasteiger partial charge on any atom is -0.394 e. The Morgan fingerprint density at radius 3 is 2.05 bits per heavy atom. The Labute approximate surface area is 130 Å². The topological polar surface area (TPSA) is 84.2 Å². The third-order valence-corrected chi connectivity index (χ3v) is 3.63. The molecule has 0 fully saturated rings. The minimum atomic E-state index is -0.874.